The quantitative estimate of drug-likeness (QED) is 0.812. The number of carbonyl (C=O) groups is 2. The molecule has 1 aromatic carbocycles. The molecule has 5 nitrogen and oxygen atoms in total. The molecule has 7 heteroatoms. The summed E-state index contributed by atoms with van der Waals surface area (Å²) in [6.45, 7) is 0. The molecule has 21 heavy (non-hydrogen) atoms. The van der Waals surface area contributed by atoms with Crippen molar-refractivity contribution in [2.45, 2.75) is 6.04 Å². The number of hydrogen-bond donors (Lipinski definition) is 2. The average molecular weight is 370 g/mol. The molecule has 0 aliphatic heterocycles. The Balaban J connectivity index is 2.25. The maximum atomic E-state index is 12.1. The highest BCUT2D eigenvalue weighted by molar-refractivity contribution is 9.10. The number of carbonyl (C=O) groups excluding carboxylic acids is 1. The zero-order valence-electron chi connectivity index (χ0n) is 10.6. The molecule has 0 aliphatic carbocycles. The van der Waals surface area contributed by atoms with Crippen LogP contribution in [-0.2, 0) is 4.79 Å². The van der Waals surface area contributed by atoms with E-state index in [1.54, 1.807) is 30.3 Å². The van der Waals surface area contributed by atoms with Crippen LogP contribution < -0.4 is 5.32 Å². The number of hydrogen-bond acceptors (Lipinski definition) is 3. The van der Waals surface area contributed by atoms with E-state index in [1.807, 2.05) is 0 Å². The van der Waals surface area contributed by atoms with Gasteiger partial charge in [-0.15, -0.1) is 0 Å². The van der Waals surface area contributed by atoms with Crippen molar-refractivity contribution in [3.63, 3.8) is 0 Å². The van der Waals surface area contributed by atoms with Gasteiger partial charge >= 0.3 is 5.97 Å². The van der Waals surface area contributed by atoms with Crippen molar-refractivity contribution < 1.29 is 14.7 Å². The third kappa shape index (κ3) is 3.80. The first-order valence-electron chi connectivity index (χ1n) is 5.88. The second-order valence-electron chi connectivity index (χ2n) is 4.14. The van der Waals surface area contributed by atoms with Gasteiger partial charge in [0.2, 0.25) is 0 Å². The van der Waals surface area contributed by atoms with Crippen LogP contribution >= 0.6 is 27.5 Å². The summed E-state index contributed by atoms with van der Waals surface area (Å²) < 4.78 is 0.583. The summed E-state index contributed by atoms with van der Waals surface area (Å²) in [7, 11) is 0. The molecule has 0 spiro atoms. The standard InChI is InChI=1S/C14H10BrClN2O3/c15-11-6-5-8(7-17-11)13(19)18-12(14(20)21)9-3-1-2-4-10(9)16/h1-7,12H,(H,18,19)(H,20,21)/t12-/m1/s1. The van der Waals surface area contributed by atoms with Gasteiger partial charge in [-0.25, -0.2) is 9.78 Å². The van der Waals surface area contributed by atoms with Crippen LogP contribution in [0.15, 0.2) is 47.2 Å². The summed E-state index contributed by atoms with van der Waals surface area (Å²) in [5, 5.41) is 12.0. The van der Waals surface area contributed by atoms with Gasteiger partial charge in [-0.2, -0.15) is 0 Å². The predicted octanol–water partition coefficient (Wildman–Crippen LogP) is 3.05. The van der Waals surface area contributed by atoms with Crippen LogP contribution in [0.3, 0.4) is 0 Å². The summed E-state index contributed by atoms with van der Waals surface area (Å²) >= 11 is 9.14. The van der Waals surface area contributed by atoms with E-state index in [1.165, 1.54) is 12.3 Å². The van der Waals surface area contributed by atoms with Crippen LogP contribution in [0.4, 0.5) is 0 Å². The summed E-state index contributed by atoms with van der Waals surface area (Å²) in [6, 6.07) is 8.38. The van der Waals surface area contributed by atoms with Crippen molar-refractivity contribution in [2.75, 3.05) is 0 Å². The number of amides is 1. The number of aromatic nitrogens is 1. The molecule has 0 aliphatic rings. The third-order valence-corrected chi connectivity index (χ3v) is 3.54. The molecular formula is C14H10BrClN2O3. The molecule has 0 saturated carbocycles. The van der Waals surface area contributed by atoms with Gasteiger partial charge in [-0.3, -0.25) is 4.79 Å². The van der Waals surface area contributed by atoms with E-state index in [0.717, 1.165) is 0 Å². The normalized spacial score (nSPS) is 11.7. The fourth-order valence-corrected chi connectivity index (χ4v) is 2.19. The van der Waals surface area contributed by atoms with E-state index in [0.29, 0.717) is 10.2 Å². The van der Waals surface area contributed by atoms with Gasteiger partial charge < -0.3 is 10.4 Å². The maximum absolute atomic E-state index is 12.1. The number of halogens is 2. The second kappa shape index (κ2) is 6.69. The highest BCUT2D eigenvalue weighted by Gasteiger charge is 2.24. The first kappa shape index (κ1) is 15.5. The van der Waals surface area contributed by atoms with Crippen molar-refractivity contribution in [1.82, 2.24) is 10.3 Å². The molecule has 0 unspecified atom stereocenters. The number of nitrogens with one attached hydrogen (secondary N) is 1. The van der Waals surface area contributed by atoms with Crippen LogP contribution in [0.5, 0.6) is 0 Å². The first-order valence-corrected chi connectivity index (χ1v) is 7.06. The zero-order valence-corrected chi connectivity index (χ0v) is 12.9. The van der Waals surface area contributed by atoms with Crippen LogP contribution in [0.25, 0.3) is 0 Å². The molecule has 0 fully saturated rings. The minimum atomic E-state index is -1.23. The Morgan fingerprint density at radius 1 is 1.24 bits per heavy atom. The number of pyridine rings is 1. The molecule has 0 saturated heterocycles. The largest absolute Gasteiger partial charge is 0.479 e. The highest BCUT2D eigenvalue weighted by atomic mass is 79.9. The van der Waals surface area contributed by atoms with Gasteiger partial charge in [0.1, 0.15) is 4.60 Å². The average Bonchev–Trinajstić information content (AvgIpc) is 2.46. The van der Waals surface area contributed by atoms with Crippen molar-refractivity contribution >= 4 is 39.4 Å². The molecule has 1 aromatic heterocycles. The van der Waals surface area contributed by atoms with Gasteiger partial charge in [-0.05, 0) is 34.1 Å². The summed E-state index contributed by atoms with van der Waals surface area (Å²) in [5.41, 5.74) is 0.585. The van der Waals surface area contributed by atoms with Crippen LogP contribution in [0.1, 0.15) is 22.0 Å². The van der Waals surface area contributed by atoms with Crippen LogP contribution in [0, 0.1) is 0 Å². The topological polar surface area (TPSA) is 79.3 Å². The monoisotopic (exact) mass is 368 g/mol. The number of benzene rings is 1. The lowest BCUT2D eigenvalue weighted by Gasteiger charge is -2.16. The Morgan fingerprint density at radius 2 is 1.95 bits per heavy atom. The van der Waals surface area contributed by atoms with E-state index < -0.39 is 17.9 Å². The molecule has 108 valence electrons. The fraction of sp³-hybridized carbons (Fsp3) is 0.0714. The predicted molar refractivity (Wildman–Crippen MR) is 81.2 cm³/mol. The Labute approximate surface area is 134 Å². The van der Waals surface area contributed by atoms with E-state index in [-0.39, 0.29) is 10.6 Å². The van der Waals surface area contributed by atoms with Crippen LogP contribution in [-0.4, -0.2) is 22.0 Å². The Morgan fingerprint density at radius 3 is 2.52 bits per heavy atom. The Bertz CT molecular complexity index is 676. The van der Waals surface area contributed by atoms with Gasteiger partial charge in [0.25, 0.3) is 5.91 Å². The van der Waals surface area contributed by atoms with Crippen molar-refractivity contribution in [1.29, 1.82) is 0 Å². The first-order chi connectivity index (χ1) is 9.99. The van der Waals surface area contributed by atoms with E-state index in [9.17, 15) is 14.7 Å². The molecule has 2 aromatic rings. The minimum absolute atomic E-state index is 0.261. The molecule has 0 bridgehead atoms. The molecular weight excluding hydrogens is 360 g/mol. The summed E-state index contributed by atoms with van der Waals surface area (Å²) in [5.74, 6) is -1.73. The van der Waals surface area contributed by atoms with Gasteiger partial charge in [0.15, 0.2) is 6.04 Å². The van der Waals surface area contributed by atoms with Crippen molar-refractivity contribution in [3.8, 4) is 0 Å². The van der Waals surface area contributed by atoms with E-state index >= 15 is 0 Å². The number of rotatable bonds is 4. The summed E-state index contributed by atoms with van der Waals surface area (Å²) in [6.07, 6.45) is 1.35. The molecule has 0 radical (unpaired) electrons. The zero-order chi connectivity index (χ0) is 15.4. The SMILES string of the molecule is O=C(N[C@@H](C(=O)O)c1ccccc1Cl)c1ccc(Br)nc1. The van der Waals surface area contributed by atoms with E-state index in [2.05, 4.69) is 26.2 Å². The van der Waals surface area contributed by atoms with Crippen LogP contribution in [0.2, 0.25) is 5.02 Å². The Kier molecular flexibility index (Phi) is 4.93. The second-order valence-corrected chi connectivity index (χ2v) is 5.36. The molecule has 1 heterocycles. The van der Waals surface area contributed by atoms with Crippen molar-refractivity contribution in [3.05, 3.63) is 63.3 Å². The molecule has 2 rings (SSSR count). The highest BCUT2D eigenvalue weighted by Crippen LogP contribution is 2.23. The lowest BCUT2D eigenvalue weighted by atomic mass is 10.1. The Hall–Kier alpha value is -1.92. The lowest BCUT2D eigenvalue weighted by molar-refractivity contribution is -0.139. The van der Waals surface area contributed by atoms with Gasteiger partial charge in [0.05, 0.1) is 5.56 Å². The number of aliphatic carboxylic acids is 1. The summed E-state index contributed by atoms with van der Waals surface area (Å²) in [4.78, 5) is 27.4. The van der Waals surface area contributed by atoms with Gasteiger partial charge in [-0.1, -0.05) is 29.8 Å². The third-order valence-electron chi connectivity index (χ3n) is 2.73. The number of nitrogens with zero attached hydrogens (tertiary/aromatic N) is 1. The fourth-order valence-electron chi connectivity index (χ4n) is 1.71. The molecule has 1 amide bonds. The smallest absolute Gasteiger partial charge is 0.330 e. The number of carboxylic acids is 1. The van der Waals surface area contributed by atoms with Gasteiger partial charge in [0, 0.05) is 16.8 Å². The number of carboxylic acid groups (broad SMARTS) is 1. The molecule has 1 atom stereocenters. The van der Waals surface area contributed by atoms with Crippen molar-refractivity contribution in [2.24, 2.45) is 0 Å². The maximum Gasteiger partial charge on any atom is 0.330 e. The lowest BCUT2D eigenvalue weighted by Crippen LogP contribution is -2.34. The minimum Gasteiger partial charge on any atom is -0.479 e. The van der Waals surface area contributed by atoms with E-state index in [4.69, 9.17) is 11.6 Å². The molecule has 2 N–H and O–H groups in total.